The van der Waals surface area contributed by atoms with Crippen LogP contribution in [0.25, 0.3) is 0 Å². The first kappa shape index (κ1) is 18.1. The summed E-state index contributed by atoms with van der Waals surface area (Å²) >= 11 is 6.18. The molecule has 1 aliphatic heterocycles. The molecule has 1 heterocycles. The Balaban J connectivity index is 1.56. The first-order valence-electron chi connectivity index (χ1n) is 9.36. The van der Waals surface area contributed by atoms with Gasteiger partial charge in [0.05, 0.1) is 0 Å². The minimum Gasteiger partial charge on any atom is -0.371 e. The van der Waals surface area contributed by atoms with Crippen LogP contribution in [0.4, 0.5) is 5.69 Å². The van der Waals surface area contributed by atoms with Crippen LogP contribution in [0, 0.1) is 12.8 Å². The lowest BCUT2D eigenvalue weighted by molar-refractivity contribution is 0.589. The summed E-state index contributed by atoms with van der Waals surface area (Å²) in [7, 11) is 0. The Hall–Kier alpha value is -1.68. The van der Waals surface area contributed by atoms with Crippen LogP contribution in [0.5, 0.6) is 0 Å². The lowest BCUT2D eigenvalue weighted by atomic mass is 10.1. The van der Waals surface area contributed by atoms with E-state index >= 15 is 0 Å². The largest absolute Gasteiger partial charge is 0.371 e. The lowest BCUT2D eigenvalue weighted by Gasteiger charge is -2.21. The summed E-state index contributed by atoms with van der Waals surface area (Å²) in [5.74, 6) is 1.55. The summed E-state index contributed by atoms with van der Waals surface area (Å²) in [6.07, 6.45) is 7.85. The fourth-order valence-electron chi connectivity index (χ4n) is 3.59. The molecule has 0 saturated carbocycles. The number of aliphatic imine (C=N–C) groups is 1. The van der Waals surface area contributed by atoms with Gasteiger partial charge in [-0.2, -0.15) is 0 Å². The molecule has 2 aliphatic rings. The summed E-state index contributed by atoms with van der Waals surface area (Å²) in [4.78, 5) is 7.29. The molecule has 1 aromatic rings. The predicted molar refractivity (Wildman–Crippen MR) is 108 cm³/mol. The van der Waals surface area contributed by atoms with Crippen LogP contribution < -0.4 is 15.5 Å². The van der Waals surface area contributed by atoms with Crippen LogP contribution in [0.3, 0.4) is 0 Å². The first-order valence-corrected chi connectivity index (χ1v) is 9.74. The molecule has 1 fully saturated rings. The Kier molecular flexibility index (Phi) is 6.24. The third-order valence-electron chi connectivity index (χ3n) is 5.00. The number of aryl methyl sites for hydroxylation is 1. The molecule has 5 heteroatoms. The van der Waals surface area contributed by atoms with Crippen molar-refractivity contribution in [3.63, 3.8) is 0 Å². The van der Waals surface area contributed by atoms with Gasteiger partial charge in [0, 0.05) is 42.9 Å². The molecular weight excluding hydrogens is 332 g/mol. The van der Waals surface area contributed by atoms with Crippen molar-refractivity contribution < 1.29 is 0 Å². The van der Waals surface area contributed by atoms with Crippen molar-refractivity contribution in [2.75, 3.05) is 31.1 Å². The van der Waals surface area contributed by atoms with Gasteiger partial charge in [-0.15, -0.1) is 0 Å². The summed E-state index contributed by atoms with van der Waals surface area (Å²) in [6, 6.07) is 6.64. The molecule has 0 aromatic heterocycles. The standard InChI is InChI=1S/C20H29ClN4/c1-3-22-20(24-18-6-4-5-7-18)23-13-16-10-11-25(14-16)19-12-17(21)9-8-15(19)2/h4-5,8-9,12,16,18H,3,6-7,10-11,13-14H2,1-2H3,(H2,22,23,24). The molecule has 1 atom stereocenters. The predicted octanol–water partition coefficient (Wildman–Crippen LogP) is 3.75. The van der Waals surface area contributed by atoms with E-state index in [1.165, 1.54) is 17.7 Å². The van der Waals surface area contributed by atoms with Gasteiger partial charge in [-0.25, -0.2) is 0 Å². The molecule has 0 spiro atoms. The summed E-state index contributed by atoms with van der Waals surface area (Å²) in [5, 5.41) is 7.73. The Morgan fingerprint density at radius 3 is 2.88 bits per heavy atom. The third kappa shape index (κ3) is 4.91. The van der Waals surface area contributed by atoms with E-state index in [-0.39, 0.29) is 0 Å². The van der Waals surface area contributed by atoms with Gasteiger partial charge in [0.2, 0.25) is 0 Å². The Morgan fingerprint density at radius 1 is 1.32 bits per heavy atom. The number of benzene rings is 1. The molecule has 2 N–H and O–H groups in total. The van der Waals surface area contributed by atoms with Crippen molar-refractivity contribution in [3.8, 4) is 0 Å². The zero-order chi connectivity index (χ0) is 17.6. The molecule has 1 aliphatic carbocycles. The number of guanidine groups is 1. The molecule has 1 unspecified atom stereocenters. The van der Waals surface area contributed by atoms with Gasteiger partial charge in [0.1, 0.15) is 0 Å². The molecule has 1 saturated heterocycles. The average molecular weight is 361 g/mol. The van der Waals surface area contributed by atoms with E-state index in [0.717, 1.165) is 50.0 Å². The molecule has 25 heavy (non-hydrogen) atoms. The SMILES string of the molecule is CCNC(=NCC1CCN(c2cc(Cl)ccc2C)C1)NC1CC=CC1. The quantitative estimate of drug-likeness (QED) is 0.477. The van der Waals surface area contributed by atoms with E-state index in [0.29, 0.717) is 12.0 Å². The molecule has 0 bridgehead atoms. The molecule has 136 valence electrons. The van der Waals surface area contributed by atoms with Crippen molar-refractivity contribution in [1.29, 1.82) is 0 Å². The van der Waals surface area contributed by atoms with Crippen molar-refractivity contribution in [3.05, 3.63) is 40.9 Å². The van der Waals surface area contributed by atoms with E-state index in [2.05, 4.69) is 53.7 Å². The van der Waals surface area contributed by atoms with Crippen LogP contribution in [-0.4, -0.2) is 38.2 Å². The zero-order valence-electron chi connectivity index (χ0n) is 15.3. The molecule has 0 amide bonds. The van der Waals surface area contributed by atoms with Crippen LogP contribution in [-0.2, 0) is 0 Å². The maximum absolute atomic E-state index is 6.18. The number of halogens is 1. The van der Waals surface area contributed by atoms with Crippen LogP contribution in [0.1, 0.15) is 31.7 Å². The minimum absolute atomic E-state index is 0.493. The second kappa shape index (κ2) is 8.61. The molecular formula is C20H29ClN4. The van der Waals surface area contributed by atoms with E-state index in [1.807, 2.05) is 6.07 Å². The van der Waals surface area contributed by atoms with Crippen molar-refractivity contribution in [1.82, 2.24) is 10.6 Å². The number of hydrogen-bond donors (Lipinski definition) is 2. The molecule has 1 aromatic carbocycles. The van der Waals surface area contributed by atoms with Crippen molar-refractivity contribution in [2.24, 2.45) is 10.9 Å². The number of nitrogens with zero attached hydrogens (tertiary/aromatic N) is 2. The number of nitrogens with one attached hydrogen (secondary N) is 2. The lowest BCUT2D eigenvalue weighted by Crippen LogP contribution is -2.42. The minimum atomic E-state index is 0.493. The van der Waals surface area contributed by atoms with E-state index in [4.69, 9.17) is 16.6 Å². The van der Waals surface area contributed by atoms with Gasteiger partial charge in [-0.05, 0) is 56.7 Å². The Labute approximate surface area is 156 Å². The van der Waals surface area contributed by atoms with E-state index < -0.39 is 0 Å². The highest BCUT2D eigenvalue weighted by atomic mass is 35.5. The monoisotopic (exact) mass is 360 g/mol. The summed E-state index contributed by atoms with van der Waals surface area (Å²) in [6.45, 7) is 8.16. The van der Waals surface area contributed by atoms with Crippen molar-refractivity contribution in [2.45, 2.75) is 39.2 Å². The van der Waals surface area contributed by atoms with E-state index in [9.17, 15) is 0 Å². The zero-order valence-corrected chi connectivity index (χ0v) is 16.0. The fourth-order valence-corrected chi connectivity index (χ4v) is 3.76. The average Bonchev–Trinajstić information content (AvgIpc) is 3.27. The Morgan fingerprint density at radius 2 is 2.12 bits per heavy atom. The second-order valence-electron chi connectivity index (χ2n) is 7.04. The van der Waals surface area contributed by atoms with Gasteiger partial charge >= 0.3 is 0 Å². The molecule has 3 rings (SSSR count). The van der Waals surface area contributed by atoms with Crippen LogP contribution in [0.15, 0.2) is 35.3 Å². The van der Waals surface area contributed by atoms with Gasteiger partial charge in [-0.1, -0.05) is 29.8 Å². The van der Waals surface area contributed by atoms with Gasteiger partial charge in [0.15, 0.2) is 5.96 Å². The summed E-state index contributed by atoms with van der Waals surface area (Å²) < 4.78 is 0. The number of hydrogen-bond acceptors (Lipinski definition) is 2. The highest BCUT2D eigenvalue weighted by molar-refractivity contribution is 6.30. The molecule has 0 radical (unpaired) electrons. The maximum atomic E-state index is 6.18. The van der Waals surface area contributed by atoms with Crippen LogP contribution >= 0.6 is 11.6 Å². The second-order valence-corrected chi connectivity index (χ2v) is 7.47. The highest BCUT2D eigenvalue weighted by Crippen LogP contribution is 2.29. The maximum Gasteiger partial charge on any atom is 0.191 e. The van der Waals surface area contributed by atoms with E-state index in [1.54, 1.807) is 0 Å². The topological polar surface area (TPSA) is 39.7 Å². The summed E-state index contributed by atoms with van der Waals surface area (Å²) in [5.41, 5.74) is 2.55. The smallest absolute Gasteiger partial charge is 0.191 e. The molecule has 4 nitrogen and oxygen atoms in total. The fraction of sp³-hybridized carbons (Fsp3) is 0.550. The van der Waals surface area contributed by atoms with Gasteiger partial charge in [-0.3, -0.25) is 4.99 Å². The third-order valence-corrected chi connectivity index (χ3v) is 5.23. The van der Waals surface area contributed by atoms with Crippen molar-refractivity contribution >= 4 is 23.2 Å². The highest BCUT2D eigenvalue weighted by Gasteiger charge is 2.24. The first-order chi connectivity index (χ1) is 12.2. The van der Waals surface area contributed by atoms with Crippen LogP contribution in [0.2, 0.25) is 5.02 Å². The number of rotatable bonds is 5. The Bertz CT molecular complexity index is 633. The normalized spacial score (nSPS) is 21.2. The van der Waals surface area contributed by atoms with Gasteiger partial charge < -0.3 is 15.5 Å². The van der Waals surface area contributed by atoms with Gasteiger partial charge in [0.25, 0.3) is 0 Å². The number of anilines is 1.